The molecular formula is C21H40. The molecule has 0 bridgehead atoms. The van der Waals surface area contributed by atoms with E-state index in [-0.39, 0.29) is 0 Å². The minimum Gasteiger partial charge on any atom is -0.0625 e. The molecule has 3 aliphatic carbocycles. The quantitative estimate of drug-likeness (QED) is 0.478. The molecule has 0 amide bonds. The summed E-state index contributed by atoms with van der Waals surface area (Å²) in [5, 5.41) is 0. The van der Waals surface area contributed by atoms with Crippen molar-refractivity contribution in [2.24, 2.45) is 29.6 Å². The second-order valence-corrected chi connectivity index (χ2v) is 8.78. The van der Waals surface area contributed by atoms with Gasteiger partial charge in [-0.05, 0) is 42.4 Å². The van der Waals surface area contributed by atoms with Crippen LogP contribution in [0.2, 0.25) is 0 Å². The molecule has 0 atom stereocenters. The van der Waals surface area contributed by atoms with Crippen molar-refractivity contribution >= 4 is 0 Å². The first-order valence-electron chi connectivity index (χ1n) is 10.1. The minimum absolute atomic E-state index is 1.02. The highest BCUT2D eigenvalue weighted by atomic mass is 14.3. The fraction of sp³-hybridized carbons (Fsp3) is 1.00. The first kappa shape index (κ1) is 17.4. The Kier molecular flexibility index (Phi) is 7.61. The van der Waals surface area contributed by atoms with E-state index in [4.69, 9.17) is 0 Å². The van der Waals surface area contributed by atoms with Gasteiger partial charge in [-0.1, -0.05) is 91.4 Å². The van der Waals surface area contributed by atoms with Crippen LogP contribution in [0.15, 0.2) is 0 Å². The Balaban J connectivity index is 0.000000173. The molecule has 0 N–H and O–H groups in total. The molecule has 0 aromatic heterocycles. The van der Waals surface area contributed by atoms with Gasteiger partial charge in [0.2, 0.25) is 0 Å². The van der Waals surface area contributed by atoms with Crippen LogP contribution in [-0.4, -0.2) is 0 Å². The summed E-state index contributed by atoms with van der Waals surface area (Å²) in [6.45, 7) is 7.16. The SMILES string of the molecule is CC1CCC(C)CC1.CC1CCC(C2CCCCC2)CC1. The molecule has 0 aromatic carbocycles. The van der Waals surface area contributed by atoms with Gasteiger partial charge in [-0.2, -0.15) is 0 Å². The van der Waals surface area contributed by atoms with Gasteiger partial charge in [0.25, 0.3) is 0 Å². The normalized spacial score (nSPS) is 38.4. The highest BCUT2D eigenvalue weighted by Crippen LogP contribution is 2.39. The van der Waals surface area contributed by atoms with Crippen molar-refractivity contribution in [3.63, 3.8) is 0 Å². The topological polar surface area (TPSA) is 0 Å². The number of hydrogen-bond donors (Lipinski definition) is 0. The third kappa shape index (κ3) is 6.33. The molecule has 0 unspecified atom stereocenters. The van der Waals surface area contributed by atoms with Gasteiger partial charge in [0.05, 0.1) is 0 Å². The van der Waals surface area contributed by atoms with E-state index in [1.54, 1.807) is 25.7 Å². The largest absolute Gasteiger partial charge is 0.0625 e. The summed E-state index contributed by atoms with van der Waals surface area (Å²) in [6.07, 6.45) is 19.7. The first-order valence-corrected chi connectivity index (χ1v) is 10.1. The zero-order valence-electron chi connectivity index (χ0n) is 15.1. The van der Waals surface area contributed by atoms with Crippen molar-refractivity contribution in [3.8, 4) is 0 Å². The van der Waals surface area contributed by atoms with Crippen molar-refractivity contribution in [1.29, 1.82) is 0 Å². The highest BCUT2D eigenvalue weighted by Gasteiger charge is 2.26. The van der Waals surface area contributed by atoms with Crippen LogP contribution in [0.4, 0.5) is 0 Å². The number of rotatable bonds is 1. The maximum absolute atomic E-state index is 2.43. The lowest BCUT2D eigenvalue weighted by Gasteiger charge is -2.34. The summed E-state index contributed by atoms with van der Waals surface area (Å²) in [4.78, 5) is 0. The molecule has 3 fully saturated rings. The lowest BCUT2D eigenvalue weighted by atomic mass is 9.71. The van der Waals surface area contributed by atoms with Gasteiger partial charge < -0.3 is 0 Å². The monoisotopic (exact) mass is 292 g/mol. The summed E-state index contributed by atoms with van der Waals surface area (Å²) in [6, 6.07) is 0. The molecule has 0 heterocycles. The van der Waals surface area contributed by atoms with Gasteiger partial charge in [0.1, 0.15) is 0 Å². The molecule has 0 saturated heterocycles. The van der Waals surface area contributed by atoms with Crippen LogP contribution in [0.3, 0.4) is 0 Å². The van der Waals surface area contributed by atoms with Crippen LogP contribution in [0.25, 0.3) is 0 Å². The third-order valence-electron chi connectivity index (χ3n) is 6.68. The Hall–Kier alpha value is 0. The van der Waals surface area contributed by atoms with Gasteiger partial charge in [-0.25, -0.2) is 0 Å². The summed E-state index contributed by atoms with van der Waals surface area (Å²) in [5.41, 5.74) is 0. The summed E-state index contributed by atoms with van der Waals surface area (Å²) in [5.74, 6) is 5.31. The molecule has 0 aromatic rings. The molecule has 124 valence electrons. The Bertz CT molecular complexity index is 237. The fourth-order valence-electron chi connectivity index (χ4n) is 4.79. The molecular weight excluding hydrogens is 252 g/mol. The van der Waals surface area contributed by atoms with E-state index < -0.39 is 0 Å². The molecule has 0 spiro atoms. The van der Waals surface area contributed by atoms with Crippen molar-refractivity contribution < 1.29 is 0 Å². The molecule has 0 aliphatic heterocycles. The van der Waals surface area contributed by atoms with E-state index in [2.05, 4.69) is 20.8 Å². The summed E-state index contributed by atoms with van der Waals surface area (Å²) in [7, 11) is 0. The molecule has 3 saturated carbocycles. The highest BCUT2D eigenvalue weighted by molar-refractivity contribution is 4.78. The van der Waals surface area contributed by atoms with E-state index in [0.717, 1.165) is 29.6 Å². The van der Waals surface area contributed by atoms with Gasteiger partial charge in [0, 0.05) is 0 Å². The van der Waals surface area contributed by atoms with Crippen LogP contribution in [0.1, 0.15) is 104 Å². The van der Waals surface area contributed by atoms with Crippen LogP contribution in [-0.2, 0) is 0 Å². The van der Waals surface area contributed by atoms with Crippen LogP contribution in [0, 0.1) is 29.6 Å². The smallest absolute Gasteiger partial charge is 0.0386 e. The van der Waals surface area contributed by atoms with Gasteiger partial charge in [-0.15, -0.1) is 0 Å². The molecule has 3 aliphatic rings. The Morgan fingerprint density at radius 3 is 1.14 bits per heavy atom. The molecule has 0 heteroatoms. The van der Waals surface area contributed by atoms with E-state index in [1.165, 1.54) is 57.8 Å². The second kappa shape index (κ2) is 9.21. The Morgan fingerprint density at radius 1 is 0.381 bits per heavy atom. The molecule has 0 nitrogen and oxygen atoms in total. The minimum atomic E-state index is 1.02. The van der Waals surface area contributed by atoms with Crippen molar-refractivity contribution in [2.45, 2.75) is 104 Å². The van der Waals surface area contributed by atoms with Gasteiger partial charge in [-0.3, -0.25) is 0 Å². The fourth-order valence-corrected chi connectivity index (χ4v) is 4.79. The standard InChI is InChI=1S/C13H24.C8H16/c1-11-7-9-13(10-8-11)12-5-3-2-4-6-12;1-7-3-5-8(2)6-4-7/h11-13H,2-10H2,1H3;7-8H,3-6H2,1-2H3. The predicted octanol–water partition coefficient (Wildman–Crippen LogP) is 7.23. The Morgan fingerprint density at radius 2 is 0.714 bits per heavy atom. The van der Waals surface area contributed by atoms with Crippen molar-refractivity contribution in [3.05, 3.63) is 0 Å². The lowest BCUT2D eigenvalue weighted by molar-refractivity contribution is 0.173. The predicted molar refractivity (Wildman–Crippen MR) is 94.5 cm³/mol. The van der Waals surface area contributed by atoms with E-state index >= 15 is 0 Å². The molecule has 3 rings (SSSR count). The second-order valence-electron chi connectivity index (χ2n) is 8.78. The average Bonchev–Trinajstić information content (AvgIpc) is 2.52. The van der Waals surface area contributed by atoms with Crippen molar-refractivity contribution in [1.82, 2.24) is 0 Å². The van der Waals surface area contributed by atoms with Crippen LogP contribution in [0.5, 0.6) is 0 Å². The molecule has 0 radical (unpaired) electrons. The lowest BCUT2D eigenvalue weighted by Crippen LogP contribution is -2.22. The molecule has 21 heavy (non-hydrogen) atoms. The van der Waals surface area contributed by atoms with E-state index in [9.17, 15) is 0 Å². The summed E-state index contributed by atoms with van der Waals surface area (Å²) >= 11 is 0. The average molecular weight is 293 g/mol. The maximum Gasteiger partial charge on any atom is -0.0386 e. The van der Waals surface area contributed by atoms with E-state index in [1.807, 2.05) is 0 Å². The van der Waals surface area contributed by atoms with Crippen LogP contribution < -0.4 is 0 Å². The zero-order valence-corrected chi connectivity index (χ0v) is 15.1. The van der Waals surface area contributed by atoms with Gasteiger partial charge >= 0.3 is 0 Å². The third-order valence-corrected chi connectivity index (χ3v) is 6.68. The van der Waals surface area contributed by atoms with Crippen LogP contribution >= 0.6 is 0 Å². The Labute approximate surface area is 134 Å². The summed E-state index contributed by atoms with van der Waals surface area (Å²) < 4.78 is 0. The number of hydrogen-bond acceptors (Lipinski definition) is 0. The van der Waals surface area contributed by atoms with Crippen molar-refractivity contribution in [2.75, 3.05) is 0 Å². The van der Waals surface area contributed by atoms with Gasteiger partial charge in [0.15, 0.2) is 0 Å². The first-order chi connectivity index (χ1) is 10.1. The van der Waals surface area contributed by atoms with E-state index in [0.29, 0.717) is 0 Å². The maximum atomic E-state index is 2.43. The zero-order chi connectivity index (χ0) is 15.1.